The van der Waals surface area contributed by atoms with E-state index in [9.17, 15) is 9.18 Å². The second-order valence-electron chi connectivity index (χ2n) is 4.13. The molecule has 3 rings (SSSR count). The molecule has 0 bridgehead atoms. The number of benzene rings is 1. The van der Waals surface area contributed by atoms with Crippen LogP contribution in [0.2, 0.25) is 0 Å². The van der Waals surface area contributed by atoms with E-state index in [4.69, 9.17) is 5.11 Å². The Morgan fingerprint density at radius 1 is 1.30 bits per heavy atom. The highest BCUT2D eigenvalue weighted by Crippen LogP contribution is 2.24. The van der Waals surface area contributed by atoms with Gasteiger partial charge in [-0.15, -0.1) is 0 Å². The minimum atomic E-state index is -1.32. The van der Waals surface area contributed by atoms with E-state index < -0.39 is 17.3 Å². The Morgan fingerprint density at radius 2 is 2.10 bits per heavy atom. The van der Waals surface area contributed by atoms with Crippen molar-refractivity contribution in [2.24, 2.45) is 0 Å². The highest BCUT2D eigenvalue weighted by molar-refractivity contribution is 9.10. The lowest BCUT2D eigenvalue weighted by molar-refractivity contribution is 0.0692. The van der Waals surface area contributed by atoms with Crippen LogP contribution in [0, 0.1) is 5.82 Å². The monoisotopic (exact) mass is 335 g/mol. The van der Waals surface area contributed by atoms with Crippen LogP contribution in [-0.2, 0) is 0 Å². The van der Waals surface area contributed by atoms with Crippen LogP contribution in [0.3, 0.4) is 0 Å². The van der Waals surface area contributed by atoms with Gasteiger partial charge in [0, 0.05) is 28.5 Å². The molecule has 0 amide bonds. The first-order valence-electron chi connectivity index (χ1n) is 5.58. The minimum Gasteiger partial charge on any atom is -0.478 e. The van der Waals surface area contributed by atoms with Crippen molar-refractivity contribution in [2.75, 3.05) is 0 Å². The Kier molecular flexibility index (Phi) is 2.98. The number of halogens is 2. The molecule has 3 aromatic rings. The van der Waals surface area contributed by atoms with Crippen LogP contribution >= 0.6 is 15.9 Å². The van der Waals surface area contributed by atoms with Gasteiger partial charge in [-0.05, 0) is 28.1 Å². The maximum Gasteiger partial charge on any atom is 0.338 e. The van der Waals surface area contributed by atoms with Crippen molar-refractivity contribution in [3.8, 4) is 11.4 Å². The van der Waals surface area contributed by atoms with E-state index in [1.807, 2.05) is 0 Å². The molecule has 2 N–H and O–H groups in total. The summed E-state index contributed by atoms with van der Waals surface area (Å²) in [5.74, 6) is -1.62. The number of fused-ring (bicyclic) bond motifs is 1. The van der Waals surface area contributed by atoms with E-state index in [2.05, 4.69) is 30.9 Å². The summed E-state index contributed by atoms with van der Waals surface area (Å²) < 4.78 is 14.4. The van der Waals surface area contributed by atoms with Crippen molar-refractivity contribution in [2.45, 2.75) is 0 Å². The number of carbonyl (C=O) groups is 1. The number of H-pyrrole nitrogens is 1. The number of aromatic amines is 1. The average Bonchev–Trinajstić information content (AvgIpc) is 2.80. The first kappa shape index (κ1) is 12.7. The first-order chi connectivity index (χ1) is 9.54. The van der Waals surface area contributed by atoms with Crippen molar-refractivity contribution in [3.05, 3.63) is 46.4 Å². The highest BCUT2D eigenvalue weighted by atomic mass is 79.9. The quantitative estimate of drug-likeness (QED) is 0.753. The fourth-order valence-electron chi connectivity index (χ4n) is 1.87. The van der Waals surface area contributed by atoms with Crippen molar-refractivity contribution in [1.29, 1.82) is 0 Å². The van der Waals surface area contributed by atoms with Gasteiger partial charge in [0.25, 0.3) is 0 Å². The number of aromatic carboxylic acids is 1. The molecule has 0 aliphatic heterocycles. The normalized spacial score (nSPS) is 10.9. The lowest BCUT2D eigenvalue weighted by Gasteiger charge is -1.96. The number of aromatic nitrogens is 3. The zero-order valence-electron chi connectivity index (χ0n) is 9.89. The molecule has 0 saturated carbocycles. The van der Waals surface area contributed by atoms with Crippen LogP contribution < -0.4 is 0 Å². The van der Waals surface area contributed by atoms with Gasteiger partial charge in [-0.3, -0.25) is 4.98 Å². The van der Waals surface area contributed by atoms with Crippen molar-refractivity contribution in [1.82, 2.24) is 15.0 Å². The molecule has 0 atom stereocenters. The number of carboxylic acids is 1. The van der Waals surface area contributed by atoms with Crippen LogP contribution in [0.1, 0.15) is 10.4 Å². The van der Waals surface area contributed by atoms with Gasteiger partial charge in [0.1, 0.15) is 11.6 Å². The zero-order chi connectivity index (χ0) is 14.3. The molecule has 0 saturated heterocycles. The Morgan fingerprint density at radius 3 is 2.80 bits per heavy atom. The van der Waals surface area contributed by atoms with Crippen LogP contribution in [-0.4, -0.2) is 26.0 Å². The highest BCUT2D eigenvalue weighted by Gasteiger charge is 2.14. The molecule has 2 aromatic heterocycles. The first-order valence-corrected chi connectivity index (χ1v) is 6.37. The van der Waals surface area contributed by atoms with E-state index in [0.717, 1.165) is 10.5 Å². The molecular formula is C13H7BrFN3O2. The molecule has 0 aliphatic rings. The number of carboxylic acid groups (broad SMARTS) is 1. The van der Waals surface area contributed by atoms with Crippen molar-refractivity contribution >= 4 is 32.9 Å². The number of hydrogen-bond acceptors (Lipinski definition) is 3. The third kappa shape index (κ3) is 2.16. The van der Waals surface area contributed by atoms with Gasteiger partial charge in [-0.25, -0.2) is 14.2 Å². The van der Waals surface area contributed by atoms with E-state index >= 15 is 0 Å². The number of imidazole rings is 1. The molecule has 0 fully saturated rings. The summed E-state index contributed by atoms with van der Waals surface area (Å²) in [6.07, 6.45) is 3.24. The maximum absolute atomic E-state index is 13.6. The summed E-state index contributed by atoms with van der Waals surface area (Å²) in [6.45, 7) is 0. The van der Waals surface area contributed by atoms with Crippen molar-refractivity contribution in [3.63, 3.8) is 0 Å². The number of nitrogens with zero attached hydrogens (tertiary/aromatic N) is 2. The van der Waals surface area contributed by atoms with E-state index in [0.29, 0.717) is 22.4 Å². The number of pyridine rings is 1. The molecule has 5 nitrogen and oxygen atoms in total. The van der Waals surface area contributed by atoms with Crippen LogP contribution in [0.15, 0.2) is 35.1 Å². The fraction of sp³-hybridized carbons (Fsp3) is 0. The summed E-state index contributed by atoms with van der Waals surface area (Å²) in [5.41, 5.74) is 1.14. The average molecular weight is 336 g/mol. The third-order valence-corrected chi connectivity index (χ3v) is 3.21. The predicted molar refractivity (Wildman–Crippen MR) is 73.9 cm³/mol. The van der Waals surface area contributed by atoms with Gasteiger partial charge in [-0.1, -0.05) is 0 Å². The molecule has 100 valence electrons. The summed E-state index contributed by atoms with van der Waals surface area (Å²) in [5, 5.41) is 8.89. The Labute approximate surface area is 120 Å². The van der Waals surface area contributed by atoms with Crippen molar-refractivity contribution < 1.29 is 14.3 Å². The van der Waals surface area contributed by atoms with Gasteiger partial charge < -0.3 is 10.1 Å². The Bertz CT molecular complexity index is 832. The van der Waals surface area contributed by atoms with Gasteiger partial charge in [-0.2, -0.15) is 0 Å². The van der Waals surface area contributed by atoms with E-state index in [1.54, 1.807) is 18.5 Å². The van der Waals surface area contributed by atoms with E-state index in [-0.39, 0.29) is 0 Å². The fourth-order valence-corrected chi connectivity index (χ4v) is 2.24. The summed E-state index contributed by atoms with van der Waals surface area (Å²) >= 11 is 3.30. The molecule has 0 radical (unpaired) electrons. The van der Waals surface area contributed by atoms with Gasteiger partial charge in [0.2, 0.25) is 0 Å². The standard InChI is InChI=1S/C13H7BrFN3O2/c14-7-1-6(4-16-5-7)12-17-10-2-8(13(19)20)9(15)3-11(10)18-12/h1-5H,(H,17,18)(H,19,20). The third-order valence-electron chi connectivity index (χ3n) is 2.78. The second kappa shape index (κ2) is 4.68. The SMILES string of the molecule is O=C(O)c1cc2nc(-c3cncc(Br)c3)[nH]c2cc1F. The molecule has 0 unspecified atom stereocenters. The van der Waals surface area contributed by atoms with Crippen LogP contribution in [0.4, 0.5) is 4.39 Å². The maximum atomic E-state index is 13.6. The molecular weight excluding hydrogens is 329 g/mol. The van der Waals surface area contributed by atoms with Crippen LogP contribution in [0.5, 0.6) is 0 Å². The minimum absolute atomic E-state index is 0.388. The molecule has 2 heterocycles. The predicted octanol–water partition coefficient (Wildman–Crippen LogP) is 3.22. The summed E-state index contributed by atoms with van der Waals surface area (Å²) in [7, 11) is 0. The Balaban J connectivity index is 2.18. The smallest absolute Gasteiger partial charge is 0.338 e. The Hall–Kier alpha value is -2.28. The molecule has 0 aliphatic carbocycles. The van der Waals surface area contributed by atoms with E-state index in [1.165, 1.54) is 6.07 Å². The number of hydrogen-bond donors (Lipinski definition) is 2. The largest absolute Gasteiger partial charge is 0.478 e. The van der Waals surface area contributed by atoms with Gasteiger partial charge in [0.15, 0.2) is 0 Å². The topological polar surface area (TPSA) is 78.9 Å². The second-order valence-corrected chi connectivity index (χ2v) is 5.05. The van der Waals surface area contributed by atoms with Crippen LogP contribution in [0.25, 0.3) is 22.4 Å². The number of nitrogens with one attached hydrogen (secondary N) is 1. The molecule has 20 heavy (non-hydrogen) atoms. The molecule has 1 aromatic carbocycles. The molecule has 7 heteroatoms. The van der Waals surface area contributed by atoms with Gasteiger partial charge >= 0.3 is 5.97 Å². The molecule has 0 spiro atoms. The summed E-state index contributed by atoms with van der Waals surface area (Å²) in [4.78, 5) is 22.1. The lowest BCUT2D eigenvalue weighted by atomic mass is 10.2. The lowest BCUT2D eigenvalue weighted by Crippen LogP contribution is -1.99. The number of rotatable bonds is 2. The summed E-state index contributed by atoms with van der Waals surface area (Å²) in [6, 6.07) is 4.14. The van der Waals surface area contributed by atoms with Gasteiger partial charge in [0.05, 0.1) is 16.6 Å². The zero-order valence-corrected chi connectivity index (χ0v) is 11.5.